The molecule has 1 saturated heterocycles. The monoisotopic (exact) mass is 336 g/mol. The fraction of sp³-hybridized carbons (Fsp3) is 0.500. The van der Waals surface area contributed by atoms with Gasteiger partial charge in [0.15, 0.2) is 11.5 Å². The Hall–Kier alpha value is -1.60. The van der Waals surface area contributed by atoms with Crippen LogP contribution in [0.2, 0.25) is 0 Å². The van der Waals surface area contributed by atoms with Crippen molar-refractivity contribution in [2.45, 2.75) is 19.6 Å². The van der Waals surface area contributed by atoms with Crippen LogP contribution < -0.4 is 14.8 Å². The highest BCUT2D eigenvalue weighted by Gasteiger charge is 2.23. The van der Waals surface area contributed by atoms with E-state index in [9.17, 15) is 13.6 Å². The molecule has 1 aromatic carbocycles. The third kappa shape index (κ3) is 4.45. The number of halogens is 3. The van der Waals surface area contributed by atoms with Gasteiger partial charge in [-0.3, -0.25) is 4.79 Å². The molecule has 1 aliphatic rings. The molecule has 1 fully saturated rings. The average Bonchev–Trinajstić information content (AvgIpc) is 2.46. The van der Waals surface area contributed by atoms with Crippen LogP contribution in [0, 0.1) is 0 Å². The van der Waals surface area contributed by atoms with Crippen molar-refractivity contribution in [3.8, 4) is 11.5 Å². The van der Waals surface area contributed by atoms with E-state index in [4.69, 9.17) is 4.74 Å². The summed E-state index contributed by atoms with van der Waals surface area (Å²) >= 11 is 0. The SMILES string of the molecule is COc1ccc(C(=O)N2CCNC(C)C2)cc1OC(F)F.Cl. The molecule has 0 radical (unpaired) electrons. The zero-order valence-corrected chi connectivity index (χ0v) is 13.2. The Labute approximate surface area is 134 Å². The van der Waals surface area contributed by atoms with Crippen LogP contribution in [0.25, 0.3) is 0 Å². The van der Waals surface area contributed by atoms with Gasteiger partial charge in [-0.2, -0.15) is 8.78 Å². The number of hydrogen-bond donors (Lipinski definition) is 1. The summed E-state index contributed by atoms with van der Waals surface area (Å²) in [5, 5.41) is 3.24. The third-order valence-corrected chi connectivity index (χ3v) is 3.28. The van der Waals surface area contributed by atoms with Crippen molar-refractivity contribution in [3.63, 3.8) is 0 Å². The minimum atomic E-state index is -2.97. The Balaban J connectivity index is 0.00000242. The highest BCUT2D eigenvalue weighted by molar-refractivity contribution is 5.95. The van der Waals surface area contributed by atoms with Crippen molar-refractivity contribution in [1.82, 2.24) is 10.2 Å². The van der Waals surface area contributed by atoms with E-state index in [1.165, 1.54) is 19.2 Å². The minimum Gasteiger partial charge on any atom is -0.493 e. The van der Waals surface area contributed by atoms with E-state index in [-0.39, 0.29) is 35.9 Å². The lowest BCUT2D eigenvalue weighted by Crippen LogP contribution is -2.51. The number of piperazine rings is 1. The van der Waals surface area contributed by atoms with Gasteiger partial charge in [0.25, 0.3) is 5.91 Å². The van der Waals surface area contributed by atoms with Gasteiger partial charge in [0.2, 0.25) is 0 Å². The van der Waals surface area contributed by atoms with Gasteiger partial charge in [-0.25, -0.2) is 0 Å². The summed E-state index contributed by atoms with van der Waals surface area (Å²) in [4.78, 5) is 14.1. The van der Waals surface area contributed by atoms with Gasteiger partial charge in [-0.05, 0) is 25.1 Å². The average molecular weight is 337 g/mol. The summed E-state index contributed by atoms with van der Waals surface area (Å²) in [6.45, 7) is 0.890. The number of alkyl halides is 2. The minimum absolute atomic E-state index is 0. The van der Waals surface area contributed by atoms with Gasteiger partial charge >= 0.3 is 6.61 Å². The topological polar surface area (TPSA) is 50.8 Å². The molecule has 1 heterocycles. The fourth-order valence-corrected chi connectivity index (χ4v) is 2.30. The molecule has 0 spiro atoms. The molecule has 1 amide bonds. The molecule has 1 unspecified atom stereocenters. The highest BCUT2D eigenvalue weighted by Crippen LogP contribution is 2.30. The Kier molecular flexibility index (Phi) is 6.83. The van der Waals surface area contributed by atoms with E-state index in [2.05, 4.69) is 10.1 Å². The number of rotatable bonds is 4. The van der Waals surface area contributed by atoms with Crippen molar-refractivity contribution in [2.24, 2.45) is 0 Å². The molecule has 0 aromatic heterocycles. The number of amides is 1. The largest absolute Gasteiger partial charge is 0.493 e. The first-order chi connectivity index (χ1) is 10.0. The Morgan fingerprint density at radius 3 is 2.73 bits per heavy atom. The number of nitrogens with one attached hydrogen (secondary N) is 1. The first-order valence-corrected chi connectivity index (χ1v) is 6.66. The summed E-state index contributed by atoms with van der Waals surface area (Å²) in [7, 11) is 1.35. The fourth-order valence-electron chi connectivity index (χ4n) is 2.30. The Morgan fingerprint density at radius 2 is 2.14 bits per heavy atom. The first-order valence-electron chi connectivity index (χ1n) is 6.66. The van der Waals surface area contributed by atoms with E-state index in [0.29, 0.717) is 25.2 Å². The molecule has 1 aliphatic heterocycles. The van der Waals surface area contributed by atoms with Crippen LogP contribution in [0.5, 0.6) is 11.5 Å². The van der Waals surface area contributed by atoms with Crippen LogP contribution in [0.3, 0.4) is 0 Å². The molecule has 124 valence electrons. The molecule has 8 heteroatoms. The van der Waals surface area contributed by atoms with E-state index in [1.807, 2.05) is 6.92 Å². The van der Waals surface area contributed by atoms with Gasteiger partial charge in [0.05, 0.1) is 7.11 Å². The number of carbonyl (C=O) groups is 1. The van der Waals surface area contributed by atoms with E-state index >= 15 is 0 Å². The second-order valence-electron chi connectivity index (χ2n) is 4.85. The molecule has 22 heavy (non-hydrogen) atoms. The van der Waals surface area contributed by atoms with Crippen LogP contribution in [0.1, 0.15) is 17.3 Å². The van der Waals surface area contributed by atoms with Gasteiger partial charge < -0.3 is 19.7 Å². The lowest BCUT2D eigenvalue weighted by Gasteiger charge is -2.32. The number of methoxy groups -OCH3 is 1. The second-order valence-corrected chi connectivity index (χ2v) is 4.85. The maximum atomic E-state index is 12.4. The lowest BCUT2D eigenvalue weighted by molar-refractivity contribution is -0.0512. The first kappa shape index (κ1) is 18.4. The molecule has 2 rings (SSSR count). The van der Waals surface area contributed by atoms with Crippen molar-refractivity contribution in [2.75, 3.05) is 26.7 Å². The summed E-state index contributed by atoms with van der Waals surface area (Å²) in [5.41, 5.74) is 0.306. The molecule has 1 atom stereocenters. The van der Waals surface area contributed by atoms with Crippen molar-refractivity contribution in [1.29, 1.82) is 0 Å². The zero-order valence-electron chi connectivity index (χ0n) is 12.3. The number of hydrogen-bond acceptors (Lipinski definition) is 4. The molecular weight excluding hydrogens is 318 g/mol. The Morgan fingerprint density at radius 1 is 1.41 bits per heavy atom. The molecule has 1 aromatic rings. The standard InChI is InChI=1S/C14H18F2N2O3.ClH/c1-9-8-18(6-5-17-9)13(19)10-3-4-11(20-2)12(7-10)21-14(15)16;/h3-4,7,9,14,17H,5-6,8H2,1-2H3;1H. The van der Waals surface area contributed by atoms with Crippen LogP contribution in [-0.4, -0.2) is 50.2 Å². The van der Waals surface area contributed by atoms with Crippen LogP contribution in [0.4, 0.5) is 8.78 Å². The molecule has 5 nitrogen and oxygen atoms in total. The molecular formula is C14H19ClF2N2O3. The molecule has 0 saturated carbocycles. The quantitative estimate of drug-likeness (QED) is 0.915. The van der Waals surface area contributed by atoms with Crippen LogP contribution in [-0.2, 0) is 0 Å². The summed E-state index contributed by atoms with van der Waals surface area (Å²) in [6, 6.07) is 4.50. The van der Waals surface area contributed by atoms with Crippen LogP contribution >= 0.6 is 12.4 Å². The smallest absolute Gasteiger partial charge is 0.387 e. The van der Waals surface area contributed by atoms with E-state index < -0.39 is 6.61 Å². The highest BCUT2D eigenvalue weighted by atomic mass is 35.5. The van der Waals surface area contributed by atoms with Crippen LogP contribution in [0.15, 0.2) is 18.2 Å². The number of benzene rings is 1. The number of nitrogens with zero attached hydrogens (tertiary/aromatic N) is 1. The molecule has 0 aliphatic carbocycles. The number of ether oxygens (including phenoxy) is 2. The third-order valence-electron chi connectivity index (χ3n) is 3.28. The van der Waals surface area contributed by atoms with Gasteiger partial charge in [0, 0.05) is 31.2 Å². The van der Waals surface area contributed by atoms with E-state index in [1.54, 1.807) is 11.0 Å². The second kappa shape index (κ2) is 8.14. The van der Waals surface area contributed by atoms with Gasteiger partial charge in [0.1, 0.15) is 0 Å². The summed E-state index contributed by atoms with van der Waals surface area (Å²) < 4.78 is 34.1. The summed E-state index contributed by atoms with van der Waals surface area (Å²) in [6.07, 6.45) is 0. The Bertz CT molecular complexity index is 517. The van der Waals surface area contributed by atoms with Gasteiger partial charge in [-0.15, -0.1) is 12.4 Å². The maximum absolute atomic E-state index is 12.4. The normalized spacial score (nSPS) is 17.9. The predicted molar refractivity (Wildman–Crippen MR) is 80.2 cm³/mol. The molecule has 0 bridgehead atoms. The van der Waals surface area contributed by atoms with Gasteiger partial charge in [-0.1, -0.05) is 0 Å². The lowest BCUT2D eigenvalue weighted by atomic mass is 10.1. The maximum Gasteiger partial charge on any atom is 0.387 e. The zero-order chi connectivity index (χ0) is 15.4. The molecule has 1 N–H and O–H groups in total. The number of carbonyl (C=O) groups excluding carboxylic acids is 1. The van der Waals surface area contributed by atoms with E-state index in [0.717, 1.165) is 0 Å². The predicted octanol–water partition coefficient (Wildman–Crippen LogP) is 2.15. The van der Waals surface area contributed by atoms with Crippen molar-refractivity contribution in [3.05, 3.63) is 23.8 Å². The van der Waals surface area contributed by atoms with Crippen molar-refractivity contribution < 1.29 is 23.0 Å². The van der Waals surface area contributed by atoms with Crippen molar-refractivity contribution >= 4 is 18.3 Å². The summed E-state index contributed by atoms with van der Waals surface area (Å²) in [5.74, 6) is -0.174.